The van der Waals surface area contributed by atoms with Crippen molar-refractivity contribution in [1.29, 1.82) is 0 Å². The lowest BCUT2D eigenvalue weighted by atomic mass is 9.73. The third kappa shape index (κ3) is 2.55. The second kappa shape index (κ2) is 7.24. The third-order valence-electron chi connectivity index (χ3n) is 6.92. The summed E-state index contributed by atoms with van der Waals surface area (Å²) < 4.78 is 4.73. The second-order valence-electron chi connectivity index (χ2n) is 8.47. The quantitative estimate of drug-likeness (QED) is 0.581. The van der Waals surface area contributed by atoms with E-state index >= 15 is 0 Å². The summed E-state index contributed by atoms with van der Waals surface area (Å²) in [6, 6.07) is 16.9. The van der Waals surface area contributed by atoms with Gasteiger partial charge in [0, 0.05) is 35.6 Å². The molecule has 1 aromatic carbocycles. The van der Waals surface area contributed by atoms with E-state index in [1.54, 1.807) is 23.4 Å². The van der Waals surface area contributed by atoms with Crippen LogP contribution in [0.15, 0.2) is 71.5 Å². The van der Waals surface area contributed by atoms with Crippen molar-refractivity contribution in [3.05, 3.63) is 84.1 Å². The highest BCUT2D eigenvalue weighted by molar-refractivity contribution is 8.25. The molecule has 2 aromatic heterocycles. The third-order valence-corrected chi connectivity index (χ3v) is 8.86. The summed E-state index contributed by atoms with van der Waals surface area (Å²) in [5.74, 6) is -0.124. The lowest BCUT2D eigenvalue weighted by molar-refractivity contribution is -0.138. The van der Waals surface area contributed by atoms with Gasteiger partial charge >= 0.3 is 0 Å². The number of aromatic nitrogens is 1. The minimum absolute atomic E-state index is 0.194. The lowest BCUT2D eigenvalue weighted by Gasteiger charge is -2.41. The molecule has 0 aliphatic carbocycles. The SMILES string of the molecule is CN1C[C@H](c2ccccn2)[C@]2(SC(=S)N(Cc3ccco3)C2=O)[C@]12C(=O)Nc1ccccc12. The van der Waals surface area contributed by atoms with E-state index in [9.17, 15) is 9.59 Å². The number of thiocarbonyl (C=S) groups is 1. The summed E-state index contributed by atoms with van der Waals surface area (Å²) in [4.78, 5) is 36.5. The number of nitrogens with one attached hydrogen (secondary N) is 1. The number of likely N-dealkylation sites (tertiary alicyclic amines) is 1. The van der Waals surface area contributed by atoms with Gasteiger partial charge in [0.2, 0.25) is 5.91 Å². The maximum atomic E-state index is 14.5. The number of hydrogen-bond acceptors (Lipinski definition) is 7. The van der Waals surface area contributed by atoms with Gasteiger partial charge < -0.3 is 9.73 Å². The van der Waals surface area contributed by atoms with Crippen molar-refractivity contribution >= 4 is 45.8 Å². The van der Waals surface area contributed by atoms with Crippen molar-refractivity contribution in [2.75, 3.05) is 18.9 Å². The van der Waals surface area contributed by atoms with Gasteiger partial charge in [-0.2, -0.15) is 0 Å². The molecular weight excluding hydrogens is 456 g/mol. The first-order chi connectivity index (χ1) is 16.0. The monoisotopic (exact) mass is 476 g/mol. The Kier molecular flexibility index (Phi) is 4.52. The molecule has 2 amide bonds. The predicted octanol–water partition coefficient (Wildman–Crippen LogP) is 3.35. The van der Waals surface area contributed by atoms with E-state index in [1.807, 2.05) is 60.5 Å². The smallest absolute Gasteiger partial charge is 0.251 e. The Morgan fingerprint density at radius 2 is 2.00 bits per heavy atom. The molecule has 33 heavy (non-hydrogen) atoms. The van der Waals surface area contributed by atoms with Crippen molar-refractivity contribution in [3.63, 3.8) is 0 Å². The molecule has 9 heteroatoms. The molecule has 3 aliphatic heterocycles. The van der Waals surface area contributed by atoms with Crippen molar-refractivity contribution in [2.24, 2.45) is 0 Å². The summed E-state index contributed by atoms with van der Waals surface area (Å²) in [5.41, 5.74) is 1.05. The van der Waals surface area contributed by atoms with Crippen molar-refractivity contribution < 1.29 is 14.0 Å². The molecule has 3 aliphatic rings. The van der Waals surface area contributed by atoms with E-state index in [0.717, 1.165) is 16.9 Å². The van der Waals surface area contributed by atoms with Gasteiger partial charge in [-0.25, -0.2) is 0 Å². The fraction of sp³-hybridized carbons (Fsp3) is 0.250. The van der Waals surface area contributed by atoms with Gasteiger partial charge in [-0.3, -0.25) is 24.4 Å². The normalized spacial score (nSPS) is 28.8. The van der Waals surface area contributed by atoms with Gasteiger partial charge in [-0.15, -0.1) is 0 Å². The second-order valence-corrected chi connectivity index (χ2v) is 10.4. The first-order valence-corrected chi connectivity index (χ1v) is 11.8. The van der Waals surface area contributed by atoms with E-state index in [1.165, 1.54) is 11.8 Å². The van der Waals surface area contributed by atoms with E-state index in [0.29, 0.717) is 16.6 Å². The zero-order chi connectivity index (χ0) is 22.8. The highest BCUT2D eigenvalue weighted by Crippen LogP contribution is 2.65. The fourth-order valence-electron chi connectivity index (χ4n) is 5.61. The molecule has 1 N–H and O–H groups in total. The summed E-state index contributed by atoms with van der Waals surface area (Å²) in [5, 5.41) is 3.03. The number of amides is 2. The Labute approximate surface area is 200 Å². The number of benzene rings is 1. The molecule has 2 spiro atoms. The van der Waals surface area contributed by atoms with Crippen LogP contribution in [0.5, 0.6) is 0 Å². The Bertz CT molecular complexity index is 1280. The van der Waals surface area contributed by atoms with Crippen LogP contribution in [0.3, 0.4) is 0 Å². The van der Waals surface area contributed by atoms with Crippen LogP contribution in [-0.2, 0) is 21.7 Å². The van der Waals surface area contributed by atoms with Gasteiger partial charge in [0.1, 0.15) is 14.8 Å². The molecule has 166 valence electrons. The van der Waals surface area contributed by atoms with Gasteiger partial charge in [0.25, 0.3) is 5.91 Å². The van der Waals surface area contributed by atoms with Crippen LogP contribution < -0.4 is 5.32 Å². The number of nitrogens with zero attached hydrogens (tertiary/aromatic N) is 3. The van der Waals surface area contributed by atoms with E-state index in [4.69, 9.17) is 16.6 Å². The maximum Gasteiger partial charge on any atom is 0.251 e. The number of hydrogen-bond donors (Lipinski definition) is 1. The molecule has 2 saturated heterocycles. The Hall–Kier alpha value is -3.01. The van der Waals surface area contributed by atoms with Gasteiger partial charge in [-0.05, 0) is 37.4 Å². The molecular formula is C24H20N4O3S2. The number of furan rings is 1. The molecule has 0 unspecified atom stereocenters. The average molecular weight is 477 g/mol. The molecule has 0 bridgehead atoms. The molecule has 2 fully saturated rings. The van der Waals surface area contributed by atoms with Crippen LogP contribution in [0.25, 0.3) is 0 Å². The summed E-state index contributed by atoms with van der Waals surface area (Å²) in [7, 11) is 1.90. The average Bonchev–Trinajstić information content (AvgIpc) is 3.55. The highest BCUT2D eigenvalue weighted by Gasteiger charge is 2.78. The molecule has 6 rings (SSSR count). The minimum Gasteiger partial charge on any atom is -0.467 e. The number of anilines is 1. The minimum atomic E-state index is -1.23. The number of rotatable bonds is 3. The highest BCUT2D eigenvalue weighted by atomic mass is 32.2. The fourth-order valence-corrected chi connectivity index (χ4v) is 7.73. The lowest BCUT2D eigenvalue weighted by Crippen LogP contribution is -2.61. The first kappa shape index (κ1) is 20.6. The topological polar surface area (TPSA) is 78.7 Å². The number of likely N-dealkylation sites (N-methyl/N-ethyl adjacent to an activating group) is 1. The molecule has 3 atom stereocenters. The maximum absolute atomic E-state index is 14.5. The van der Waals surface area contributed by atoms with Crippen LogP contribution in [0, 0.1) is 0 Å². The van der Waals surface area contributed by atoms with Crippen LogP contribution >= 0.6 is 24.0 Å². The largest absolute Gasteiger partial charge is 0.467 e. The molecule has 0 radical (unpaired) electrons. The summed E-state index contributed by atoms with van der Waals surface area (Å²) in [6.45, 7) is 0.701. The number of fused-ring (bicyclic) bond motifs is 3. The number of pyridine rings is 1. The number of para-hydroxylation sites is 1. The van der Waals surface area contributed by atoms with Crippen molar-refractivity contribution in [1.82, 2.24) is 14.8 Å². The summed E-state index contributed by atoms with van der Waals surface area (Å²) in [6.07, 6.45) is 3.30. The van der Waals surface area contributed by atoms with Crippen LogP contribution in [0.2, 0.25) is 0 Å². The summed E-state index contributed by atoms with van der Waals surface area (Å²) >= 11 is 7.06. The Balaban J connectivity index is 1.59. The number of carbonyl (C=O) groups is 2. The van der Waals surface area contributed by atoms with E-state index in [-0.39, 0.29) is 24.3 Å². The van der Waals surface area contributed by atoms with Crippen molar-refractivity contribution in [3.8, 4) is 0 Å². The first-order valence-electron chi connectivity index (χ1n) is 10.6. The van der Waals surface area contributed by atoms with Crippen LogP contribution in [0.1, 0.15) is 22.9 Å². The number of carbonyl (C=O) groups excluding carboxylic acids is 2. The molecule has 5 heterocycles. The zero-order valence-electron chi connectivity index (χ0n) is 17.7. The molecule has 0 saturated carbocycles. The van der Waals surface area contributed by atoms with Gasteiger partial charge in [0.15, 0.2) is 5.54 Å². The standard InChI is InChI=1S/C24H20N4O3S2/c1-27-14-17(18-9-4-5-11-25-18)24(23(27)16-8-2-3-10-19(16)26-20(23)29)21(30)28(22(32)33-24)13-15-7-6-12-31-15/h2-12,17H,13-14H2,1H3,(H,26,29)/t17-,23+,24-/m1/s1. The van der Waals surface area contributed by atoms with Crippen LogP contribution in [-0.4, -0.2) is 49.3 Å². The number of thioether (sulfide) groups is 1. The van der Waals surface area contributed by atoms with Gasteiger partial charge in [0.05, 0.1) is 12.8 Å². The van der Waals surface area contributed by atoms with E-state index < -0.39 is 10.3 Å². The Morgan fingerprint density at radius 1 is 1.18 bits per heavy atom. The Morgan fingerprint density at radius 3 is 2.76 bits per heavy atom. The predicted molar refractivity (Wildman–Crippen MR) is 129 cm³/mol. The zero-order valence-corrected chi connectivity index (χ0v) is 19.4. The van der Waals surface area contributed by atoms with Crippen molar-refractivity contribution in [2.45, 2.75) is 22.7 Å². The molecule has 3 aromatic rings. The van der Waals surface area contributed by atoms with Crippen LogP contribution in [0.4, 0.5) is 5.69 Å². The molecule has 7 nitrogen and oxygen atoms in total. The van der Waals surface area contributed by atoms with E-state index in [2.05, 4.69) is 10.3 Å². The van der Waals surface area contributed by atoms with Gasteiger partial charge in [-0.1, -0.05) is 48.2 Å².